The molecule has 0 saturated heterocycles. The van der Waals surface area contributed by atoms with E-state index in [-0.39, 0.29) is 0 Å². The predicted octanol–water partition coefficient (Wildman–Crippen LogP) is 17.2. The maximum Gasteiger partial charge on any atom is 0.160 e. The molecule has 320 valence electrons. The number of rotatable bonds is 3. The van der Waals surface area contributed by atoms with Crippen LogP contribution >= 0.6 is 0 Å². The number of hydrogen-bond acceptors (Lipinski definition) is 2. The third kappa shape index (κ3) is 4.40. The lowest BCUT2D eigenvalue weighted by atomic mass is 9.70. The summed E-state index contributed by atoms with van der Waals surface area (Å²) in [5, 5.41) is 4.62. The van der Waals surface area contributed by atoms with Gasteiger partial charge < -0.3 is 9.32 Å². The van der Waals surface area contributed by atoms with E-state index in [9.17, 15) is 0 Å². The molecule has 2 heteroatoms. The van der Waals surface area contributed by atoms with Gasteiger partial charge in [0.25, 0.3) is 0 Å². The highest BCUT2D eigenvalue weighted by Crippen LogP contribution is 2.68. The van der Waals surface area contributed by atoms with Gasteiger partial charge in [0.15, 0.2) is 5.58 Å². The van der Waals surface area contributed by atoms with Gasteiger partial charge in [-0.15, -0.1) is 0 Å². The molecule has 0 aliphatic heterocycles. The van der Waals surface area contributed by atoms with Gasteiger partial charge in [-0.05, 0) is 119 Å². The van der Waals surface area contributed by atoms with Crippen LogP contribution in [0.4, 0.5) is 17.1 Å². The predicted molar refractivity (Wildman–Crippen MR) is 283 cm³/mol. The fraction of sp³-hybridized carbons (Fsp3) is 0.0448. The standard InChI is InChI=1S/C67H41NO/c1-40-19-16-28-49-61-42-21-3-2-20-41(42)39-60(65(61)69-64(40)49)68(58-37-17-35-56-62(58)47-26-8-14-33-54(47)66(56)50-29-10-4-22-43(50)44-23-5-11-30-51(44)66)59-38-18-36-57-63(59)48-27-9-15-34-55(48)67(57)52-31-12-6-24-45(52)46-25-7-13-32-53(46)67/h2-39H,1H3. The molecule has 1 heterocycles. The molecule has 0 bridgehead atoms. The molecule has 11 aromatic carbocycles. The second-order valence-electron chi connectivity index (χ2n) is 19.4. The second-order valence-corrected chi connectivity index (χ2v) is 19.4. The molecule has 0 atom stereocenters. The Kier molecular flexibility index (Phi) is 7.18. The Bertz CT molecular complexity index is 3960. The SMILES string of the molecule is Cc1cccc2c1oc1c(N(c3cccc4c3-c3ccccc3C43c4ccccc4-c4ccccc43)c3cccc4c3-c3ccccc3C43c4ccccc4-c4ccccc43)cc3ccccc3c12. The first-order valence-corrected chi connectivity index (χ1v) is 24.2. The number of aryl methyl sites for hydroxylation is 1. The Morgan fingerprint density at radius 2 is 0.696 bits per heavy atom. The van der Waals surface area contributed by atoms with Crippen LogP contribution in [0.25, 0.3) is 77.2 Å². The summed E-state index contributed by atoms with van der Waals surface area (Å²) in [6.07, 6.45) is 0. The van der Waals surface area contributed by atoms with Crippen molar-refractivity contribution in [2.45, 2.75) is 17.8 Å². The molecule has 0 fully saturated rings. The van der Waals surface area contributed by atoms with Gasteiger partial charge in [-0.25, -0.2) is 0 Å². The number of benzene rings is 11. The van der Waals surface area contributed by atoms with Crippen molar-refractivity contribution in [1.82, 2.24) is 0 Å². The first-order chi connectivity index (χ1) is 34.2. The monoisotopic (exact) mass is 875 g/mol. The molecule has 2 nitrogen and oxygen atoms in total. The van der Waals surface area contributed by atoms with Crippen molar-refractivity contribution in [3.63, 3.8) is 0 Å². The Morgan fingerprint density at radius 1 is 0.319 bits per heavy atom. The van der Waals surface area contributed by atoms with E-state index in [4.69, 9.17) is 4.42 Å². The number of nitrogens with zero attached hydrogens (tertiary/aromatic N) is 1. The number of furan rings is 1. The normalized spacial score (nSPS) is 14.4. The van der Waals surface area contributed by atoms with Gasteiger partial charge in [-0.1, -0.05) is 212 Å². The largest absolute Gasteiger partial charge is 0.454 e. The van der Waals surface area contributed by atoms with Crippen molar-refractivity contribution < 1.29 is 4.42 Å². The van der Waals surface area contributed by atoms with Crippen molar-refractivity contribution in [3.8, 4) is 44.5 Å². The van der Waals surface area contributed by atoms with Crippen LogP contribution in [0.2, 0.25) is 0 Å². The van der Waals surface area contributed by atoms with Crippen LogP contribution in [0.3, 0.4) is 0 Å². The van der Waals surface area contributed by atoms with Crippen LogP contribution in [0.5, 0.6) is 0 Å². The Balaban J connectivity index is 1.08. The Hall–Kier alpha value is -8.72. The summed E-state index contributed by atoms with van der Waals surface area (Å²) in [6, 6.07) is 86.7. The molecule has 4 aliphatic carbocycles. The minimum atomic E-state index is -0.511. The minimum Gasteiger partial charge on any atom is -0.454 e. The average molecular weight is 876 g/mol. The van der Waals surface area contributed by atoms with Crippen LogP contribution in [-0.4, -0.2) is 0 Å². The molecule has 69 heavy (non-hydrogen) atoms. The van der Waals surface area contributed by atoms with E-state index in [1.54, 1.807) is 0 Å². The molecule has 2 spiro atoms. The van der Waals surface area contributed by atoms with Gasteiger partial charge in [0.05, 0.1) is 27.9 Å². The highest BCUT2D eigenvalue weighted by molar-refractivity contribution is 6.24. The van der Waals surface area contributed by atoms with E-state index in [1.807, 2.05) is 0 Å². The average Bonchev–Trinajstić information content (AvgIpc) is 4.19. The number of para-hydroxylation sites is 1. The van der Waals surface area contributed by atoms with Gasteiger partial charge in [-0.3, -0.25) is 0 Å². The zero-order valence-electron chi connectivity index (χ0n) is 37.8. The molecule has 0 saturated carbocycles. The minimum absolute atomic E-state index is 0.511. The molecule has 0 N–H and O–H groups in total. The van der Waals surface area contributed by atoms with Gasteiger partial charge in [0, 0.05) is 21.9 Å². The summed E-state index contributed by atoms with van der Waals surface area (Å²) in [6.45, 7) is 2.17. The summed E-state index contributed by atoms with van der Waals surface area (Å²) in [4.78, 5) is 2.59. The van der Waals surface area contributed by atoms with Crippen LogP contribution in [0, 0.1) is 6.92 Å². The molecule has 0 unspecified atom stereocenters. The lowest BCUT2D eigenvalue weighted by Gasteiger charge is -2.33. The van der Waals surface area contributed by atoms with E-state index >= 15 is 0 Å². The lowest BCUT2D eigenvalue weighted by Crippen LogP contribution is -2.26. The summed E-state index contributed by atoms with van der Waals surface area (Å²) in [5.41, 5.74) is 25.9. The maximum absolute atomic E-state index is 7.35. The maximum atomic E-state index is 7.35. The molecule has 12 aromatic rings. The number of fused-ring (bicyclic) bond motifs is 25. The van der Waals surface area contributed by atoms with Crippen LogP contribution < -0.4 is 4.90 Å². The first-order valence-electron chi connectivity index (χ1n) is 24.2. The lowest BCUT2D eigenvalue weighted by molar-refractivity contribution is 0.666. The Labute approximate surface area is 400 Å². The zero-order valence-corrected chi connectivity index (χ0v) is 37.8. The summed E-state index contributed by atoms with van der Waals surface area (Å²) in [5.74, 6) is 0. The van der Waals surface area contributed by atoms with Crippen molar-refractivity contribution >= 4 is 49.8 Å². The van der Waals surface area contributed by atoms with Gasteiger partial charge in [0.1, 0.15) is 5.58 Å². The molecule has 0 amide bonds. The van der Waals surface area contributed by atoms with E-state index in [1.165, 1.54) is 99.8 Å². The van der Waals surface area contributed by atoms with Gasteiger partial charge >= 0.3 is 0 Å². The van der Waals surface area contributed by atoms with Crippen LogP contribution in [-0.2, 0) is 10.8 Å². The van der Waals surface area contributed by atoms with E-state index < -0.39 is 10.8 Å². The molecule has 16 rings (SSSR count). The molecule has 4 aliphatic rings. The number of anilines is 3. The van der Waals surface area contributed by atoms with Crippen molar-refractivity contribution in [3.05, 3.63) is 281 Å². The van der Waals surface area contributed by atoms with Gasteiger partial charge in [-0.2, -0.15) is 0 Å². The summed E-state index contributed by atoms with van der Waals surface area (Å²) in [7, 11) is 0. The zero-order chi connectivity index (χ0) is 45.2. The van der Waals surface area contributed by atoms with Crippen LogP contribution in [0.15, 0.2) is 235 Å². The van der Waals surface area contributed by atoms with E-state index in [0.717, 1.165) is 44.6 Å². The first kappa shape index (κ1) is 37.4. The third-order valence-electron chi connectivity index (χ3n) is 16.4. The summed E-state index contributed by atoms with van der Waals surface area (Å²) < 4.78 is 7.35. The summed E-state index contributed by atoms with van der Waals surface area (Å²) >= 11 is 0. The quantitative estimate of drug-likeness (QED) is 0.176. The fourth-order valence-electron chi connectivity index (χ4n) is 13.9. The number of hydrogen-bond donors (Lipinski definition) is 0. The van der Waals surface area contributed by atoms with Crippen molar-refractivity contribution in [2.24, 2.45) is 0 Å². The van der Waals surface area contributed by atoms with E-state index in [0.29, 0.717) is 0 Å². The Morgan fingerprint density at radius 3 is 1.19 bits per heavy atom. The molecular weight excluding hydrogens is 835 g/mol. The van der Waals surface area contributed by atoms with Gasteiger partial charge in [0.2, 0.25) is 0 Å². The van der Waals surface area contributed by atoms with Crippen molar-refractivity contribution in [2.75, 3.05) is 4.90 Å². The fourth-order valence-corrected chi connectivity index (χ4v) is 13.9. The highest BCUT2D eigenvalue weighted by Gasteiger charge is 2.54. The topological polar surface area (TPSA) is 16.4 Å². The van der Waals surface area contributed by atoms with Crippen LogP contribution in [0.1, 0.15) is 50.1 Å². The molecule has 0 radical (unpaired) electrons. The molecule has 1 aromatic heterocycles. The third-order valence-corrected chi connectivity index (χ3v) is 16.4. The van der Waals surface area contributed by atoms with Crippen molar-refractivity contribution in [1.29, 1.82) is 0 Å². The highest BCUT2D eigenvalue weighted by atomic mass is 16.3. The van der Waals surface area contributed by atoms with E-state index in [2.05, 4.69) is 242 Å². The second kappa shape index (κ2) is 13.2. The molecular formula is C67H41NO. The smallest absolute Gasteiger partial charge is 0.160 e.